The third kappa shape index (κ3) is 3.50. The molecule has 0 radical (unpaired) electrons. The molecule has 5 nitrogen and oxygen atoms in total. The summed E-state index contributed by atoms with van der Waals surface area (Å²) in [5, 5.41) is 9.52. The third-order valence-electron chi connectivity index (χ3n) is 4.45. The quantitative estimate of drug-likeness (QED) is 0.915. The molecule has 0 aromatic heterocycles. The van der Waals surface area contributed by atoms with Crippen LogP contribution >= 0.6 is 0 Å². The van der Waals surface area contributed by atoms with Gasteiger partial charge in [-0.1, -0.05) is 56.3 Å². The van der Waals surface area contributed by atoms with Crippen molar-refractivity contribution in [3.05, 3.63) is 65.2 Å². The van der Waals surface area contributed by atoms with Crippen LogP contribution in [0.15, 0.2) is 48.5 Å². The van der Waals surface area contributed by atoms with E-state index in [9.17, 15) is 14.7 Å². The fraction of sp³-hybridized carbons (Fsp3) is 0.300. The van der Waals surface area contributed by atoms with Crippen LogP contribution in [0, 0.1) is 0 Å². The van der Waals surface area contributed by atoms with E-state index in [2.05, 4.69) is 13.8 Å². The molecule has 0 bridgehead atoms. The number of carbonyl (C=O) groups excluding carboxylic acids is 1. The minimum Gasteiger partial charge on any atom is -0.480 e. The summed E-state index contributed by atoms with van der Waals surface area (Å²) in [5.74, 6) is -0.740. The van der Waals surface area contributed by atoms with Crippen molar-refractivity contribution in [3.8, 4) is 0 Å². The van der Waals surface area contributed by atoms with Gasteiger partial charge in [-0.05, 0) is 28.7 Å². The molecule has 5 heteroatoms. The number of hydrogen-bond acceptors (Lipinski definition) is 3. The monoisotopic (exact) mass is 339 g/mol. The number of ether oxygens (including phenoxy) is 1. The molecule has 25 heavy (non-hydrogen) atoms. The lowest BCUT2D eigenvalue weighted by Crippen LogP contribution is -2.43. The third-order valence-corrected chi connectivity index (χ3v) is 4.45. The predicted octanol–water partition coefficient (Wildman–Crippen LogP) is 3.96. The van der Waals surface area contributed by atoms with Gasteiger partial charge in [0.25, 0.3) is 0 Å². The van der Waals surface area contributed by atoms with Gasteiger partial charge in [0.05, 0.1) is 5.69 Å². The summed E-state index contributed by atoms with van der Waals surface area (Å²) < 4.78 is 5.37. The Morgan fingerprint density at radius 2 is 1.92 bits per heavy atom. The Kier molecular flexibility index (Phi) is 4.74. The maximum atomic E-state index is 12.6. The molecule has 0 spiro atoms. The number of fused-ring (bicyclic) bond motifs is 1. The molecule has 1 aliphatic rings. The molecule has 0 fully saturated rings. The summed E-state index contributed by atoms with van der Waals surface area (Å²) >= 11 is 0. The van der Waals surface area contributed by atoms with Crippen LogP contribution < -0.4 is 4.90 Å². The van der Waals surface area contributed by atoms with E-state index in [0.29, 0.717) is 12.1 Å². The summed E-state index contributed by atoms with van der Waals surface area (Å²) in [6, 6.07) is 14.2. The SMILES string of the molecule is CC(C)c1ccc2c(c1)N(C(=O)OCc1ccccc1)[C@H](C(=O)O)C2. The number of carbonyl (C=O) groups is 2. The summed E-state index contributed by atoms with van der Waals surface area (Å²) in [7, 11) is 0. The number of amides is 1. The van der Waals surface area contributed by atoms with Crippen LogP contribution in [0.3, 0.4) is 0 Å². The highest BCUT2D eigenvalue weighted by atomic mass is 16.6. The highest BCUT2D eigenvalue weighted by Gasteiger charge is 2.39. The maximum absolute atomic E-state index is 12.6. The molecule has 0 aliphatic carbocycles. The van der Waals surface area contributed by atoms with Crippen LogP contribution in [0.1, 0.15) is 36.5 Å². The molecule has 130 valence electrons. The van der Waals surface area contributed by atoms with Gasteiger partial charge < -0.3 is 9.84 Å². The molecular formula is C20H21NO4. The van der Waals surface area contributed by atoms with Crippen molar-refractivity contribution in [3.63, 3.8) is 0 Å². The number of benzene rings is 2. The first-order valence-corrected chi connectivity index (χ1v) is 8.33. The van der Waals surface area contributed by atoms with Crippen molar-refractivity contribution in [2.45, 2.75) is 38.8 Å². The predicted molar refractivity (Wildman–Crippen MR) is 94.8 cm³/mol. The highest BCUT2D eigenvalue weighted by Crippen LogP contribution is 2.35. The fourth-order valence-corrected chi connectivity index (χ4v) is 3.02. The zero-order chi connectivity index (χ0) is 18.0. The van der Waals surface area contributed by atoms with Crippen LogP contribution in [0.25, 0.3) is 0 Å². The lowest BCUT2D eigenvalue weighted by atomic mass is 10.00. The Labute approximate surface area is 146 Å². The molecule has 0 saturated carbocycles. The second-order valence-corrected chi connectivity index (χ2v) is 6.51. The molecule has 1 N–H and O–H groups in total. The van der Waals surface area contributed by atoms with Gasteiger partial charge in [-0.15, -0.1) is 0 Å². The minimum absolute atomic E-state index is 0.113. The van der Waals surface area contributed by atoms with E-state index in [1.54, 1.807) is 0 Å². The van der Waals surface area contributed by atoms with Gasteiger partial charge in [0.2, 0.25) is 0 Å². The normalized spacial score (nSPS) is 16.0. The zero-order valence-electron chi connectivity index (χ0n) is 14.3. The molecule has 3 rings (SSSR count). The largest absolute Gasteiger partial charge is 0.480 e. The Balaban J connectivity index is 1.85. The van der Waals surface area contributed by atoms with Crippen molar-refractivity contribution in [1.82, 2.24) is 0 Å². The average molecular weight is 339 g/mol. The maximum Gasteiger partial charge on any atom is 0.415 e. The Hall–Kier alpha value is -2.82. The second kappa shape index (κ2) is 6.97. The minimum atomic E-state index is -1.03. The molecular weight excluding hydrogens is 318 g/mol. The summed E-state index contributed by atoms with van der Waals surface area (Å²) in [6.07, 6.45) is -0.334. The Morgan fingerprint density at radius 1 is 1.20 bits per heavy atom. The number of anilines is 1. The number of hydrogen-bond donors (Lipinski definition) is 1. The number of rotatable bonds is 4. The number of carboxylic acids is 1. The topological polar surface area (TPSA) is 66.8 Å². The van der Waals surface area contributed by atoms with Gasteiger partial charge in [-0.25, -0.2) is 9.59 Å². The molecule has 0 saturated heterocycles. The van der Waals surface area contributed by atoms with E-state index >= 15 is 0 Å². The molecule has 0 unspecified atom stereocenters. The Bertz CT molecular complexity index is 786. The van der Waals surface area contributed by atoms with E-state index in [1.807, 2.05) is 48.5 Å². The Morgan fingerprint density at radius 3 is 2.56 bits per heavy atom. The summed E-state index contributed by atoms with van der Waals surface area (Å²) in [4.78, 5) is 25.5. The zero-order valence-corrected chi connectivity index (χ0v) is 14.3. The molecule has 2 aromatic rings. The summed E-state index contributed by atoms with van der Waals surface area (Å²) in [5.41, 5.74) is 3.41. The van der Waals surface area contributed by atoms with Crippen LogP contribution in [0.2, 0.25) is 0 Å². The van der Waals surface area contributed by atoms with Crippen molar-refractivity contribution >= 4 is 17.7 Å². The first-order chi connectivity index (χ1) is 12.0. The van der Waals surface area contributed by atoms with Crippen LogP contribution in [0.5, 0.6) is 0 Å². The van der Waals surface area contributed by atoms with Gasteiger partial charge in [0.1, 0.15) is 12.6 Å². The van der Waals surface area contributed by atoms with Gasteiger partial charge >= 0.3 is 12.1 Å². The molecule has 1 amide bonds. The van der Waals surface area contributed by atoms with E-state index in [-0.39, 0.29) is 12.5 Å². The van der Waals surface area contributed by atoms with E-state index in [4.69, 9.17) is 4.74 Å². The number of nitrogens with zero attached hydrogens (tertiary/aromatic N) is 1. The van der Waals surface area contributed by atoms with Gasteiger partial charge in [0.15, 0.2) is 0 Å². The smallest absolute Gasteiger partial charge is 0.415 e. The van der Waals surface area contributed by atoms with E-state index < -0.39 is 18.1 Å². The summed E-state index contributed by atoms with van der Waals surface area (Å²) in [6.45, 7) is 4.23. The fourth-order valence-electron chi connectivity index (χ4n) is 3.02. The second-order valence-electron chi connectivity index (χ2n) is 6.51. The average Bonchev–Trinajstić information content (AvgIpc) is 2.99. The van der Waals surface area contributed by atoms with Crippen molar-refractivity contribution in [1.29, 1.82) is 0 Å². The van der Waals surface area contributed by atoms with Crippen molar-refractivity contribution in [2.24, 2.45) is 0 Å². The standard InChI is InChI=1S/C20H21NO4/c1-13(2)15-8-9-16-11-18(19(22)23)21(17(16)10-15)20(24)25-12-14-6-4-3-5-7-14/h3-10,13,18H,11-12H2,1-2H3,(H,22,23)/t18-/m0/s1. The molecule has 1 atom stereocenters. The first-order valence-electron chi connectivity index (χ1n) is 8.33. The van der Waals surface area contributed by atoms with Gasteiger partial charge in [-0.2, -0.15) is 0 Å². The lowest BCUT2D eigenvalue weighted by Gasteiger charge is -2.22. The van der Waals surface area contributed by atoms with Crippen molar-refractivity contribution in [2.75, 3.05) is 4.90 Å². The van der Waals surface area contributed by atoms with Crippen LogP contribution in [-0.2, 0) is 22.6 Å². The van der Waals surface area contributed by atoms with E-state index in [1.165, 1.54) is 4.90 Å². The van der Waals surface area contributed by atoms with Crippen LogP contribution in [0.4, 0.5) is 10.5 Å². The number of aliphatic carboxylic acids is 1. The molecule has 1 aliphatic heterocycles. The molecule has 1 heterocycles. The van der Waals surface area contributed by atoms with E-state index in [0.717, 1.165) is 16.7 Å². The highest BCUT2D eigenvalue weighted by molar-refractivity contribution is 5.98. The molecule has 2 aromatic carbocycles. The number of carboxylic acid groups (broad SMARTS) is 1. The van der Waals surface area contributed by atoms with Gasteiger partial charge in [0, 0.05) is 6.42 Å². The first kappa shape index (κ1) is 17.0. The van der Waals surface area contributed by atoms with Gasteiger partial charge in [-0.3, -0.25) is 4.90 Å². The van der Waals surface area contributed by atoms with Crippen LogP contribution in [-0.4, -0.2) is 23.2 Å². The lowest BCUT2D eigenvalue weighted by molar-refractivity contribution is -0.138. The van der Waals surface area contributed by atoms with Crippen molar-refractivity contribution < 1.29 is 19.4 Å².